The summed E-state index contributed by atoms with van der Waals surface area (Å²) in [6.45, 7) is 0. The molecule has 0 saturated carbocycles. The van der Waals surface area contributed by atoms with Crippen molar-refractivity contribution in [2.75, 3.05) is 12.4 Å². The number of thiazole rings is 1. The van der Waals surface area contributed by atoms with Crippen LogP contribution in [-0.2, 0) is 0 Å². The highest BCUT2D eigenvalue weighted by Gasteiger charge is 2.15. The Balaban J connectivity index is 1.84. The second-order valence-corrected chi connectivity index (χ2v) is 6.61. The minimum Gasteiger partial charge on any atom is -0.495 e. The van der Waals surface area contributed by atoms with E-state index in [0.717, 1.165) is 5.69 Å². The van der Waals surface area contributed by atoms with E-state index in [1.807, 2.05) is 6.07 Å². The van der Waals surface area contributed by atoms with Gasteiger partial charge in [0.25, 0.3) is 5.69 Å². The van der Waals surface area contributed by atoms with Gasteiger partial charge >= 0.3 is 0 Å². The quantitative estimate of drug-likeness (QED) is 0.437. The van der Waals surface area contributed by atoms with E-state index in [-0.39, 0.29) is 10.7 Å². The molecule has 0 bridgehead atoms. The normalized spacial score (nSPS) is 10.5. The van der Waals surface area contributed by atoms with Crippen LogP contribution in [0.2, 0.25) is 10.0 Å². The van der Waals surface area contributed by atoms with E-state index in [9.17, 15) is 10.1 Å². The Morgan fingerprint density at radius 3 is 2.68 bits per heavy atom. The lowest BCUT2D eigenvalue weighted by atomic mass is 10.1. The fraction of sp³-hybridized carbons (Fsp3) is 0.0625. The maximum Gasteiger partial charge on any atom is 0.288 e. The molecule has 1 heterocycles. The van der Waals surface area contributed by atoms with Gasteiger partial charge in [0, 0.05) is 22.7 Å². The largest absolute Gasteiger partial charge is 0.495 e. The molecule has 9 heteroatoms. The Morgan fingerprint density at radius 2 is 2.00 bits per heavy atom. The molecule has 0 aliphatic heterocycles. The number of hydrogen-bond donors (Lipinski definition) is 1. The number of ether oxygens (including phenoxy) is 1. The molecule has 0 radical (unpaired) electrons. The van der Waals surface area contributed by atoms with Gasteiger partial charge in [-0.15, -0.1) is 11.3 Å². The van der Waals surface area contributed by atoms with Crippen molar-refractivity contribution in [3.8, 4) is 17.0 Å². The average molecular weight is 396 g/mol. The summed E-state index contributed by atoms with van der Waals surface area (Å²) in [6, 6.07) is 9.89. The van der Waals surface area contributed by atoms with E-state index in [1.54, 1.807) is 30.7 Å². The molecule has 0 unspecified atom stereocenters. The number of nitrogens with one attached hydrogen (secondary N) is 1. The maximum atomic E-state index is 11.0. The first-order valence-corrected chi connectivity index (χ1v) is 8.62. The fourth-order valence-corrected chi connectivity index (χ4v) is 3.33. The lowest BCUT2D eigenvalue weighted by molar-refractivity contribution is -0.384. The number of rotatable bonds is 5. The molecular weight excluding hydrogens is 385 g/mol. The smallest absolute Gasteiger partial charge is 0.288 e. The van der Waals surface area contributed by atoms with Crippen molar-refractivity contribution in [1.82, 2.24) is 4.98 Å². The Kier molecular flexibility index (Phi) is 5.08. The molecule has 1 N–H and O–H groups in total. The summed E-state index contributed by atoms with van der Waals surface area (Å²) in [5.41, 5.74) is 1.84. The predicted molar refractivity (Wildman–Crippen MR) is 101 cm³/mol. The first kappa shape index (κ1) is 17.5. The molecule has 0 aliphatic carbocycles. The zero-order valence-electron chi connectivity index (χ0n) is 12.8. The van der Waals surface area contributed by atoms with E-state index < -0.39 is 4.92 Å². The third-order valence-corrected chi connectivity index (χ3v) is 4.72. The SMILES string of the molecule is COc1ccc(Nc2nc(-c3ccc(Cl)c([N+](=O)[O-])c3)cs2)cc1Cl. The first-order chi connectivity index (χ1) is 12.0. The minimum absolute atomic E-state index is 0.0928. The van der Waals surface area contributed by atoms with E-state index in [0.29, 0.717) is 27.2 Å². The zero-order valence-corrected chi connectivity index (χ0v) is 15.2. The molecule has 0 saturated heterocycles. The maximum absolute atomic E-state index is 11.0. The number of anilines is 2. The number of nitro groups is 1. The molecule has 2 aromatic carbocycles. The summed E-state index contributed by atoms with van der Waals surface area (Å²) < 4.78 is 5.11. The van der Waals surface area contributed by atoms with Crippen LogP contribution >= 0.6 is 34.5 Å². The second kappa shape index (κ2) is 7.26. The molecule has 0 fully saturated rings. The predicted octanol–water partition coefficient (Wildman–Crippen LogP) is 5.78. The summed E-state index contributed by atoms with van der Waals surface area (Å²) in [4.78, 5) is 14.9. The van der Waals surface area contributed by atoms with E-state index in [1.165, 1.54) is 23.5 Å². The Morgan fingerprint density at radius 1 is 1.20 bits per heavy atom. The van der Waals surface area contributed by atoms with Crippen LogP contribution in [0.15, 0.2) is 41.8 Å². The van der Waals surface area contributed by atoms with Crippen LogP contribution in [0.5, 0.6) is 5.75 Å². The number of nitro benzene ring substituents is 1. The summed E-state index contributed by atoms with van der Waals surface area (Å²) >= 11 is 13.3. The van der Waals surface area contributed by atoms with Gasteiger partial charge in [0.2, 0.25) is 0 Å². The van der Waals surface area contributed by atoms with Crippen molar-refractivity contribution in [2.24, 2.45) is 0 Å². The number of hydrogen-bond acceptors (Lipinski definition) is 6. The van der Waals surface area contributed by atoms with E-state index >= 15 is 0 Å². The molecule has 0 amide bonds. The van der Waals surface area contributed by atoms with Crippen LogP contribution in [0.1, 0.15) is 0 Å². The van der Waals surface area contributed by atoms with Crippen LogP contribution in [0, 0.1) is 10.1 Å². The third-order valence-electron chi connectivity index (χ3n) is 3.35. The molecule has 1 aromatic heterocycles. The molecule has 0 spiro atoms. The highest BCUT2D eigenvalue weighted by Crippen LogP contribution is 2.33. The number of methoxy groups -OCH3 is 1. The highest BCUT2D eigenvalue weighted by molar-refractivity contribution is 7.14. The highest BCUT2D eigenvalue weighted by atomic mass is 35.5. The van der Waals surface area contributed by atoms with Crippen LogP contribution in [0.4, 0.5) is 16.5 Å². The minimum atomic E-state index is -0.517. The van der Waals surface area contributed by atoms with Crippen molar-refractivity contribution < 1.29 is 9.66 Å². The van der Waals surface area contributed by atoms with Gasteiger partial charge in [-0.25, -0.2) is 4.98 Å². The monoisotopic (exact) mass is 395 g/mol. The van der Waals surface area contributed by atoms with Crippen LogP contribution in [0.25, 0.3) is 11.3 Å². The van der Waals surface area contributed by atoms with Crippen molar-refractivity contribution >= 4 is 51.0 Å². The number of benzene rings is 2. The van der Waals surface area contributed by atoms with Gasteiger partial charge in [-0.1, -0.05) is 29.3 Å². The van der Waals surface area contributed by atoms with Crippen LogP contribution in [0.3, 0.4) is 0 Å². The van der Waals surface area contributed by atoms with Gasteiger partial charge in [-0.05, 0) is 24.3 Å². The molecule has 3 rings (SSSR count). The average Bonchev–Trinajstić information content (AvgIpc) is 3.03. The molecule has 3 aromatic rings. The molecular formula is C16H11Cl2N3O3S. The summed E-state index contributed by atoms with van der Waals surface area (Å²) in [5.74, 6) is 0.584. The number of nitrogens with zero attached hydrogens (tertiary/aromatic N) is 2. The van der Waals surface area contributed by atoms with Gasteiger partial charge in [0.1, 0.15) is 10.8 Å². The molecule has 6 nitrogen and oxygen atoms in total. The van der Waals surface area contributed by atoms with Gasteiger partial charge in [0.15, 0.2) is 5.13 Å². The van der Waals surface area contributed by atoms with Crippen LogP contribution < -0.4 is 10.1 Å². The summed E-state index contributed by atoms with van der Waals surface area (Å²) in [5, 5.41) is 17.2. The molecule has 128 valence electrons. The van der Waals surface area contributed by atoms with Gasteiger partial charge in [-0.2, -0.15) is 0 Å². The molecule has 0 atom stereocenters. The number of halogens is 2. The van der Waals surface area contributed by atoms with Crippen molar-refractivity contribution in [2.45, 2.75) is 0 Å². The topological polar surface area (TPSA) is 77.3 Å². The summed E-state index contributed by atoms with van der Waals surface area (Å²) in [6.07, 6.45) is 0. The fourth-order valence-electron chi connectivity index (χ4n) is 2.14. The Hall–Kier alpha value is -2.35. The van der Waals surface area contributed by atoms with Gasteiger partial charge in [-0.3, -0.25) is 10.1 Å². The molecule has 0 aliphatic rings. The number of aromatic nitrogens is 1. The Labute approximate surface area is 157 Å². The molecule has 25 heavy (non-hydrogen) atoms. The van der Waals surface area contributed by atoms with Gasteiger partial charge < -0.3 is 10.1 Å². The Bertz CT molecular complexity index is 946. The zero-order chi connectivity index (χ0) is 18.0. The van der Waals surface area contributed by atoms with Crippen molar-refractivity contribution in [1.29, 1.82) is 0 Å². The first-order valence-electron chi connectivity index (χ1n) is 6.98. The lowest BCUT2D eigenvalue weighted by Gasteiger charge is -2.06. The second-order valence-electron chi connectivity index (χ2n) is 4.94. The van der Waals surface area contributed by atoms with E-state index in [4.69, 9.17) is 27.9 Å². The third kappa shape index (κ3) is 3.84. The van der Waals surface area contributed by atoms with Crippen molar-refractivity contribution in [3.05, 3.63) is 61.9 Å². The van der Waals surface area contributed by atoms with Gasteiger partial charge in [0.05, 0.1) is 22.7 Å². The van der Waals surface area contributed by atoms with Crippen LogP contribution in [-0.4, -0.2) is 17.0 Å². The lowest BCUT2D eigenvalue weighted by Crippen LogP contribution is -1.92. The van der Waals surface area contributed by atoms with E-state index in [2.05, 4.69) is 10.3 Å². The standard InChI is InChI=1S/C16H11Cl2N3O3S/c1-24-15-5-3-10(7-12(15)18)19-16-20-13(8-25-16)9-2-4-11(17)14(6-9)21(22)23/h2-8H,1H3,(H,19,20). The summed E-state index contributed by atoms with van der Waals surface area (Å²) in [7, 11) is 1.55. The van der Waals surface area contributed by atoms with Crippen molar-refractivity contribution in [3.63, 3.8) is 0 Å².